The molecule has 5 atom stereocenters. The van der Waals surface area contributed by atoms with Gasteiger partial charge in [0.25, 0.3) is 0 Å². The maximum Gasteiger partial charge on any atom is 0.338 e. The van der Waals surface area contributed by atoms with Crippen molar-refractivity contribution in [3.63, 3.8) is 0 Å². The first kappa shape index (κ1) is 39.6. The molecule has 0 radical (unpaired) electrons. The Morgan fingerprint density at radius 2 is 0.537 bits per heavy atom. The van der Waals surface area contributed by atoms with Crippen LogP contribution >= 0.6 is 31.9 Å². The zero-order chi connectivity index (χ0) is 38.3. The van der Waals surface area contributed by atoms with Crippen molar-refractivity contribution in [3.05, 3.63) is 179 Å². The van der Waals surface area contributed by atoms with E-state index >= 15 is 0 Å². The van der Waals surface area contributed by atoms with Crippen LogP contribution in [0.2, 0.25) is 0 Å². The fourth-order valence-corrected chi connectivity index (χ4v) is 6.26. The third-order valence-corrected chi connectivity index (χ3v) is 9.25. The van der Waals surface area contributed by atoms with E-state index in [9.17, 15) is 24.0 Å². The van der Waals surface area contributed by atoms with Gasteiger partial charge in [0.2, 0.25) is 0 Å². The minimum absolute atomic E-state index is 0.108. The number of alkyl halides is 2. The van der Waals surface area contributed by atoms with E-state index in [1.165, 1.54) is 36.4 Å². The van der Waals surface area contributed by atoms with E-state index in [2.05, 4.69) is 31.9 Å². The number of rotatable bonds is 16. The maximum atomic E-state index is 13.9. The van der Waals surface area contributed by atoms with Gasteiger partial charge >= 0.3 is 29.8 Å². The highest BCUT2D eigenvalue weighted by atomic mass is 79.9. The Labute approximate surface area is 328 Å². The molecule has 276 valence electrons. The van der Waals surface area contributed by atoms with Crippen LogP contribution in [0.25, 0.3) is 0 Å². The summed E-state index contributed by atoms with van der Waals surface area (Å²) in [6, 6.07) is 40.2. The van der Waals surface area contributed by atoms with E-state index in [1.807, 2.05) is 0 Å². The molecule has 0 aliphatic carbocycles. The molecule has 0 spiro atoms. The molecule has 0 fully saturated rings. The van der Waals surface area contributed by atoms with Crippen LogP contribution in [-0.2, 0) is 23.7 Å². The minimum Gasteiger partial charge on any atom is -0.454 e. The molecule has 0 amide bonds. The van der Waals surface area contributed by atoms with E-state index in [0.717, 1.165) is 0 Å². The fraction of sp³-hybridized carbons (Fsp3) is 0.167. The van der Waals surface area contributed by atoms with Crippen LogP contribution in [0.3, 0.4) is 0 Å². The monoisotopic (exact) mass is 856 g/mol. The first-order valence-corrected chi connectivity index (χ1v) is 19.0. The summed E-state index contributed by atoms with van der Waals surface area (Å²) in [6.07, 6.45) is -7.81. The highest BCUT2D eigenvalue weighted by Crippen LogP contribution is 2.28. The van der Waals surface area contributed by atoms with Gasteiger partial charge in [0.05, 0.1) is 27.8 Å². The maximum absolute atomic E-state index is 13.9. The molecule has 0 aromatic heterocycles. The third kappa shape index (κ3) is 10.7. The average Bonchev–Trinajstić information content (AvgIpc) is 3.23. The van der Waals surface area contributed by atoms with Gasteiger partial charge in [-0.15, -0.1) is 0 Å². The second kappa shape index (κ2) is 20.0. The van der Waals surface area contributed by atoms with Crippen molar-refractivity contribution < 1.29 is 47.7 Å². The SMILES string of the molecule is O=C(OC([C@@H](OC(=O)c1ccccc1)[C@H](CBr)OC(=O)c1ccccc1)[C@H](OC(=O)c1ccccc1)[C@@H](CBr)OC(=O)c1ccccc1)c1ccccc1. The smallest absolute Gasteiger partial charge is 0.338 e. The Kier molecular flexibility index (Phi) is 14.7. The molecule has 0 aliphatic rings. The van der Waals surface area contributed by atoms with Crippen LogP contribution in [0, 0.1) is 0 Å². The molecule has 5 rings (SSSR count). The molecule has 0 saturated heterocycles. The summed E-state index contributed by atoms with van der Waals surface area (Å²) in [7, 11) is 0. The van der Waals surface area contributed by atoms with Gasteiger partial charge in [-0.2, -0.15) is 0 Å². The van der Waals surface area contributed by atoms with Crippen molar-refractivity contribution in [2.45, 2.75) is 30.5 Å². The first-order valence-electron chi connectivity index (χ1n) is 16.7. The summed E-state index contributed by atoms with van der Waals surface area (Å²) in [5, 5.41) is -0.278. The van der Waals surface area contributed by atoms with Crippen LogP contribution in [0.4, 0.5) is 0 Å². The normalized spacial score (nSPS) is 13.5. The van der Waals surface area contributed by atoms with Gasteiger partial charge in [0.1, 0.15) is 0 Å². The second-order valence-electron chi connectivity index (χ2n) is 11.6. The van der Waals surface area contributed by atoms with Crippen molar-refractivity contribution in [1.29, 1.82) is 0 Å². The lowest BCUT2D eigenvalue weighted by atomic mass is 9.98. The number of benzene rings is 5. The minimum atomic E-state index is -1.75. The predicted molar refractivity (Wildman–Crippen MR) is 206 cm³/mol. The van der Waals surface area contributed by atoms with Gasteiger partial charge in [0, 0.05) is 10.7 Å². The van der Waals surface area contributed by atoms with Crippen LogP contribution in [0.1, 0.15) is 51.8 Å². The summed E-state index contributed by atoms with van der Waals surface area (Å²) in [6.45, 7) is 0. The summed E-state index contributed by atoms with van der Waals surface area (Å²) in [5.74, 6) is -4.19. The van der Waals surface area contributed by atoms with Crippen molar-refractivity contribution >= 4 is 61.7 Å². The van der Waals surface area contributed by atoms with Gasteiger partial charge in [0.15, 0.2) is 30.5 Å². The summed E-state index contributed by atoms with van der Waals surface area (Å²) in [4.78, 5) is 68.6. The van der Waals surface area contributed by atoms with Crippen LogP contribution < -0.4 is 0 Å². The average molecular weight is 859 g/mol. The van der Waals surface area contributed by atoms with Crippen LogP contribution in [0.15, 0.2) is 152 Å². The fourth-order valence-electron chi connectivity index (χ4n) is 5.26. The number of ether oxygens (including phenoxy) is 5. The molecule has 12 heteroatoms. The zero-order valence-electron chi connectivity index (χ0n) is 28.6. The molecule has 10 nitrogen and oxygen atoms in total. The second-order valence-corrected chi connectivity index (χ2v) is 12.9. The van der Waals surface area contributed by atoms with E-state index in [0.29, 0.717) is 0 Å². The Morgan fingerprint density at radius 1 is 0.333 bits per heavy atom. The molecule has 1 unspecified atom stereocenters. The molecule has 0 N–H and O–H groups in total. The molecule has 54 heavy (non-hydrogen) atoms. The Hall–Kier alpha value is -5.59. The molecule has 0 bridgehead atoms. The van der Waals surface area contributed by atoms with Gasteiger partial charge in [-0.3, -0.25) is 0 Å². The Bertz CT molecular complexity index is 1860. The molecule has 0 heterocycles. The van der Waals surface area contributed by atoms with Crippen molar-refractivity contribution in [3.8, 4) is 0 Å². The first-order chi connectivity index (χ1) is 26.3. The van der Waals surface area contributed by atoms with E-state index in [1.54, 1.807) is 115 Å². The molecular formula is C42H34Br2O10. The third-order valence-electron chi connectivity index (χ3n) is 7.98. The molecule has 5 aromatic rings. The van der Waals surface area contributed by atoms with Gasteiger partial charge in [-0.05, 0) is 60.7 Å². The zero-order valence-corrected chi connectivity index (χ0v) is 31.7. The topological polar surface area (TPSA) is 132 Å². The summed E-state index contributed by atoms with van der Waals surface area (Å²) >= 11 is 6.79. The van der Waals surface area contributed by atoms with Crippen molar-refractivity contribution in [1.82, 2.24) is 0 Å². The Balaban J connectivity index is 1.65. The highest BCUT2D eigenvalue weighted by molar-refractivity contribution is 9.09. The number of carbonyl (C=O) groups excluding carboxylic acids is 5. The van der Waals surface area contributed by atoms with Gasteiger partial charge < -0.3 is 23.7 Å². The van der Waals surface area contributed by atoms with Crippen LogP contribution in [-0.4, -0.2) is 71.0 Å². The van der Waals surface area contributed by atoms with E-state index < -0.39 is 60.4 Å². The number of hydrogen-bond acceptors (Lipinski definition) is 10. The van der Waals surface area contributed by atoms with Gasteiger partial charge in [-0.1, -0.05) is 123 Å². The van der Waals surface area contributed by atoms with Crippen LogP contribution in [0.5, 0.6) is 0 Å². The largest absolute Gasteiger partial charge is 0.454 e. The standard InChI is InChI=1S/C42H34Br2O10/c43-26-33(50-38(45)28-16-6-1-7-17-28)35(52-40(47)30-20-10-3-11-21-30)37(54-42(49)32-24-14-5-15-25-32)36(53-41(48)31-22-12-4-13-23-31)34(27-44)51-39(46)29-18-8-2-9-19-29/h1-25,33-37H,26-27H2/t33-,34+,35-,36+,37?. The Morgan fingerprint density at radius 3 is 0.759 bits per heavy atom. The predicted octanol–water partition coefficient (Wildman–Crippen LogP) is 7.90. The van der Waals surface area contributed by atoms with Gasteiger partial charge in [-0.25, -0.2) is 24.0 Å². The lowest BCUT2D eigenvalue weighted by Crippen LogP contribution is -2.57. The van der Waals surface area contributed by atoms with E-state index in [4.69, 9.17) is 23.7 Å². The quantitative estimate of drug-likeness (QED) is 0.0548. The summed E-state index contributed by atoms with van der Waals surface area (Å²) in [5.41, 5.74) is 0.748. The number of esters is 5. The number of carbonyl (C=O) groups is 5. The summed E-state index contributed by atoms with van der Waals surface area (Å²) < 4.78 is 30.3. The molecular weight excluding hydrogens is 824 g/mol. The molecule has 0 saturated carbocycles. The van der Waals surface area contributed by atoms with Crippen molar-refractivity contribution in [2.24, 2.45) is 0 Å². The lowest BCUT2D eigenvalue weighted by molar-refractivity contribution is -0.139. The van der Waals surface area contributed by atoms with E-state index in [-0.39, 0.29) is 38.5 Å². The molecule has 0 aliphatic heterocycles. The number of halogens is 2. The number of hydrogen-bond donors (Lipinski definition) is 0. The molecule has 5 aromatic carbocycles. The lowest BCUT2D eigenvalue weighted by Gasteiger charge is -2.38. The highest BCUT2D eigenvalue weighted by Gasteiger charge is 2.48. The van der Waals surface area contributed by atoms with Crippen molar-refractivity contribution in [2.75, 3.05) is 10.7 Å².